The van der Waals surface area contributed by atoms with Gasteiger partial charge in [-0.05, 0) is 57.2 Å². The van der Waals surface area contributed by atoms with Crippen LogP contribution >= 0.6 is 0 Å². The van der Waals surface area contributed by atoms with Crippen molar-refractivity contribution >= 4 is 5.97 Å². The molecule has 1 aliphatic carbocycles. The van der Waals surface area contributed by atoms with E-state index in [4.69, 9.17) is 4.74 Å². The number of allylic oxidation sites excluding steroid dienone is 1. The van der Waals surface area contributed by atoms with Gasteiger partial charge >= 0.3 is 5.97 Å². The first-order valence-electron chi connectivity index (χ1n) is 8.83. The third kappa shape index (κ3) is 3.46. The topological polar surface area (TPSA) is 49.8 Å². The first-order chi connectivity index (χ1) is 11.0. The maximum absolute atomic E-state index is 12.8. The summed E-state index contributed by atoms with van der Waals surface area (Å²) in [7, 11) is 0. The number of nitrogens with zero attached hydrogens (tertiary/aromatic N) is 1. The molecule has 2 bridgehead atoms. The van der Waals surface area contributed by atoms with Gasteiger partial charge in [0.15, 0.2) is 0 Å². The minimum atomic E-state index is -1.68. The molecule has 0 aromatic carbocycles. The summed E-state index contributed by atoms with van der Waals surface area (Å²) in [5.41, 5.74) is -1.03. The fourth-order valence-corrected chi connectivity index (χ4v) is 4.14. The summed E-state index contributed by atoms with van der Waals surface area (Å²) in [6, 6.07) is 0. The van der Waals surface area contributed by atoms with Crippen molar-refractivity contribution in [2.75, 3.05) is 19.6 Å². The number of ether oxygens (including phenoxy) is 1. The summed E-state index contributed by atoms with van der Waals surface area (Å²) in [5.74, 6) is 5.37. The van der Waals surface area contributed by atoms with Crippen molar-refractivity contribution in [1.29, 1.82) is 0 Å². The van der Waals surface area contributed by atoms with Gasteiger partial charge in [-0.2, -0.15) is 0 Å². The Balaban J connectivity index is 1.75. The van der Waals surface area contributed by atoms with Gasteiger partial charge in [0, 0.05) is 12.5 Å². The van der Waals surface area contributed by atoms with Gasteiger partial charge in [-0.3, -0.25) is 4.90 Å². The first-order valence-corrected chi connectivity index (χ1v) is 8.83. The van der Waals surface area contributed by atoms with Crippen LogP contribution < -0.4 is 0 Å². The van der Waals surface area contributed by atoms with Crippen LogP contribution in [0.1, 0.15) is 45.4 Å². The Morgan fingerprint density at radius 3 is 2.43 bits per heavy atom. The molecule has 126 valence electrons. The van der Waals surface area contributed by atoms with Crippen LogP contribution in [-0.4, -0.2) is 47.3 Å². The standard InChI is InChI=1S/C19H27NO3/c1-14(2)7-10-19(22,16-5-3-4-6-16)18(21)23-17-13-20-11-8-15(17)9-12-20/h15-17,22H,1,3-6,8-9,11-13H2,2H3. The molecule has 0 spiro atoms. The molecule has 4 rings (SSSR count). The van der Waals surface area contributed by atoms with Gasteiger partial charge in [-0.1, -0.05) is 31.3 Å². The minimum Gasteiger partial charge on any atom is -0.458 e. The van der Waals surface area contributed by atoms with Crippen molar-refractivity contribution in [3.8, 4) is 11.8 Å². The Morgan fingerprint density at radius 1 is 1.26 bits per heavy atom. The van der Waals surface area contributed by atoms with Crippen molar-refractivity contribution in [1.82, 2.24) is 4.90 Å². The molecule has 0 amide bonds. The number of hydrogen-bond donors (Lipinski definition) is 1. The van der Waals surface area contributed by atoms with Crippen molar-refractivity contribution in [3.05, 3.63) is 12.2 Å². The normalized spacial score (nSPS) is 32.7. The van der Waals surface area contributed by atoms with Crippen molar-refractivity contribution in [2.24, 2.45) is 11.8 Å². The van der Waals surface area contributed by atoms with E-state index in [0.717, 1.165) is 58.2 Å². The lowest BCUT2D eigenvalue weighted by Gasteiger charge is -2.44. The highest BCUT2D eigenvalue weighted by atomic mass is 16.6. The smallest absolute Gasteiger partial charge is 0.351 e. The van der Waals surface area contributed by atoms with Crippen LogP contribution in [0, 0.1) is 23.7 Å². The zero-order valence-electron chi connectivity index (χ0n) is 14.0. The average molecular weight is 317 g/mol. The van der Waals surface area contributed by atoms with Crippen LogP contribution in [0.25, 0.3) is 0 Å². The number of esters is 1. The van der Waals surface area contributed by atoms with Gasteiger partial charge in [-0.15, -0.1) is 0 Å². The van der Waals surface area contributed by atoms with Gasteiger partial charge < -0.3 is 9.84 Å². The molecule has 3 heterocycles. The summed E-state index contributed by atoms with van der Waals surface area (Å²) in [4.78, 5) is 15.1. The number of fused-ring (bicyclic) bond motifs is 3. The van der Waals surface area contributed by atoms with E-state index in [1.807, 2.05) is 0 Å². The molecular weight excluding hydrogens is 290 g/mol. The third-order valence-electron chi connectivity index (χ3n) is 5.58. The van der Waals surface area contributed by atoms with Crippen molar-refractivity contribution in [3.63, 3.8) is 0 Å². The molecule has 0 radical (unpaired) electrons. The highest BCUT2D eigenvalue weighted by molar-refractivity contribution is 5.84. The second-order valence-corrected chi connectivity index (χ2v) is 7.36. The number of piperidine rings is 3. The van der Waals surface area contributed by atoms with Gasteiger partial charge in [0.2, 0.25) is 5.60 Å². The molecule has 23 heavy (non-hydrogen) atoms. The lowest BCUT2D eigenvalue weighted by Crippen LogP contribution is -2.55. The molecule has 3 aliphatic heterocycles. The number of aliphatic hydroxyl groups is 1. The summed E-state index contributed by atoms with van der Waals surface area (Å²) >= 11 is 0. The van der Waals surface area contributed by atoms with E-state index < -0.39 is 11.6 Å². The second-order valence-electron chi connectivity index (χ2n) is 7.36. The van der Waals surface area contributed by atoms with Crippen LogP contribution in [0.4, 0.5) is 0 Å². The van der Waals surface area contributed by atoms with Gasteiger partial charge in [0.05, 0.1) is 0 Å². The highest BCUT2D eigenvalue weighted by Crippen LogP contribution is 2.36. The maximum Gasteiger partial charge on any atom is 0.351 e. The van der Waals surface area contributed by atoms with E-state index in [1.54, 1.807) is 6.92 Å². The fourth-order valence-electron chi connectivity index (χ4n) is 4.14. The Labute approximate surface area is 138 Å². The van der Waals surface area contributed by atoms with E-state index in [-0.39, 0.29) is 12.0 Å². The molecule has 3 saturated heterocycles. The third-order valence-corrected chi connectivity index (χ3v) is 5.58. The summed E-state index contributed by atoms with van der Waals surface area (Å²) < 4.78 is 5.77. The molecule has 0 aromatic heterocycles. The monoisotopic (exact) mass is 317 g/mol. The largest absolute Gasteiger partial charge is 0.458 e. The van der Waals surface area contributed by atoms with E-state index in [9.17, 15) is 9.90 Å². The zero-order chi connectivity index (χ0) is 16.4. The Morgan fingerprint density at radius 2 is 1.91 bits per heavy atom. The number of carbonyl (C=O) groups is 1. The van der Waals surface area contributed by atoms with E-state index >= 15 is 0 Å². The van der Waals surface area contributed by atoms with Crippen LogP contribution in [0.5, 0.6) is 0 Å². The Kier molecular flexibility index (Phi) is 4.79. The van der Waals surface area contributed by atoms with Crippen LogP contribution in [0.3, 0.4) is 0 Å². The van der Waals surface area contributed by atoms with E-state index in [0.29, 0.717) is 11.5 Å². The van der Waals surface area contributed by atoms with E-state index in [1.165, 1.54) is 0 Å². The van der Waals surface area contributed by atoms with E-state index in [2.05, 4.69) is 23.3 Å². The fraction of sp³-hybridized carbons (Fsp3) is 0.737. The average Bonchev–Trinajstić information content (AvgIpc) is 3.08. The first kappa shape index (κ1) is 16.5. The summed E-state index contributed by atoms with van der Waals surface area (Å²) in [6.45, 7) is 8.52. The molecule has 4 heteroatoms. The van der Waals surface area contributed by atoms with Crippen LogP contribution in [0.15, 0.2) is 12.2 Å². The predicted octanol–water partition coefficient (Wildman–Crippen LogP) is 2.12. The molecule has 1 saturated carbocycles. The molecule has 2 atom stereocenters. The van der Waals surface area contributed by atoms with Crippen molar-refractivity contribution in [2.45, 2.75) is 57.2 Å². The molecule has 4 aliphatic rings. The molecular formula is C19H27NO3. The van der Waals surface area contributed by atoms with Gasteiger partial charge in [0.1, 0.15) is 6.10 Å². The molecule has 4 fully saturated rings. The lowest BCUT2D eigenvalue weighted by molar-refractivity contribution is -0.178. The maximum atomic E-state index is 12.8. The SMILES string of the molecule is C=C(C)C#CC(O)(C(=O)OC1CN2CCC1CC2)C1CCCC1. The lowest BCUT2D eigenvalue weighted by atomic mass is 9.84. The molecule has 4 nitrogen and oxygen atoms in total. The Bertz CT molecular complexity index is 533. The molecule has 1 N–H and O–H groups in total. The second kappa shape index (κ2) is 6.67. The van der Waals surface area contributed by atoms with Gasteiger partial charge in [0.25, 0.3) is 0 Å². The highest BCUT2D eigenvalue weighted by Gasteiger charge is 2.47. The van der Waals surface area contributed by atoms with Crippen LogP contribution in [-0.2, 0) is 9.53 Å². The minimum absolute atomic E-state index is 0.0930. The zero-order valence-corrected chi connectivity index (χ0v) is 14.0. The number of hydrogen-bond acceptors (Lipinski definition) is 4. The number of carbonyl (C=O) groups excluding carboxylic acids is 1. The summed E-state index contributed by atoms with van der Waals surface area (Å²) in [6.07, 6.45) is 5.80. The van der Waals surface area contributed by atoms with Gasteiger partial charge in [-0.25, -0.2) is 4.79 Å². The Hall–Kier alpha value is -1.31. The van der Waals surface area contributed by atoms with Crippen molar-refractivity contribution < 1.29 is 14.6 Å². The molecule has 0 aromatic rings. The quantitative estimate of drug-likeness (QED) is 0.640. The molecule has 2 unspecified atom stereocenters. The number of rotatable bonds is 3. The summed E-state index contributed by atoms with van der Waals surface area (Å²) in [5, 5.41) is 11.0. The predicted molar refractivity (Wildman–Crippen MR) is 88.5 cm³/mol. The van der Waals surface area contributed by atoms with Crippen LogP contribution in [0.2, 0.25) is 0 Å².